The van der Waals surface area contributed by atoms with Crippen molar-refractivity contribution in [2.45, 2.75) is 34.6 Å². The van der Waals surface area contributed by atoms with Crippen LogP contribution >= 0.6 is 11.3 Å². The van der Waals surface area contributed by atoms with Gasteiger partial charge in [0.2, 0.25) is 0 Å². The Hall–Kier alpha value is -2.99. The van der Waals surface area contributed by atoms with Gasteiger partial charge in [0, 0.05) is 5.56 Å². The van der Waals surface area contributed by atoms with E-state index in [4.69, 9.17) is 0 Å². The van der Waals surface area contributed by atoms with Crippen LogP contribution in [0.1, 0.15) is 43.2 Å². The number of nitrogens with zero attached hydrogens (tertiary/aromatic N) is 2. The molecule has 1 amide bonds. The van der Waals surface area contributed by atoms with Crippen LogP contribution in [0, 0.1) is 34.6 Å². The van der Waals surface area contributed by atoms with E-state index in [9.17, 15) is 9.90 Å². The second-order valence-electron chi connectivity index (χ2n) is 6.95. The van der Waals surface area contributed by atoms with Crippen molar-refractivity contribution in [2.24, 2.45) is 5.10 Å². The lowest BCUT2D eigenvalue weighted by Gasteiger charge is -2.04. The van der Waals surface area contributed by atoms with Crippen LogP contribution < -0.4 is 5.43 Å². The van der Waals surface area contributed by atoms with Gasteiger partial charge in [-0.15, -0.1) is 11.3 Å². The minimum absolute atomic E-state index is 0.278. The van der Waals surface area contributed by atoms with Gasteiger partial charge in [0.1, 0.15) is 15.6 Å². The van der Waals surface area contributed by atoms with Crippen molar-refractivity contribution in [2.75, 3.05) is 0 Å². The Balaban J connectivity index is 1.77. The Bertz CT molecular complexity index is 1060. The average molecular weight is 394 g/mol. The molecule has 3 aromatic rings. The Morgan fingerprint density at radius 3 is 2.39 bits per heavy atom. The minimum Gasteiger partial charge on any atom is -0.507 e. The van der Waals surface area contributed by atoms with Crippen LogP contribution in [0.3, 0.4) is 0 Å². The zero-order valence-corrected chi connectivity index (χ0v) is 17.4. The quantitative estimate of drug-likeness (QED) is 0.493. The summed E-state index contributed by atoms with van der Waals surface area (Å²) in [5.41, 5.74) is 8.97. The van der Waals surface area contributed by atoms with Gasteiger partial charge in [-0.25, -0.2) is 10.4 Å². The minimum atomic E-state index is -0.283. The van der Waals surface area contributed by atoms with Gasteiger partial charge in [-0.1, -0.05) is 23.8 Å². The topological polar surface area (TPSA) is 74.6 Å². The number of carbonyl (C=O) groups is 1. The summed E-state index contributed by atoms with van der Waals surface area (Å²) in [6.45, 7) is 9.58. The van der Waals surface area contributed by atoms with E-state index in [1.165, 1.54) is 16.9 Å². The van der Waals surface area contributed by atoms with Crippen molar-refractivity contribution in [3.8, 4) is 16.3 Å². The molecule has 0 fully saturated rings. The molecule has 0 bridgehead atoms. The van der Waals surface area contributed by atoms with E-state index in [0.717, 1.165) is 32.8 Å². The number of hydrogen-bond donors (Lipinski definition) is 2. The van der Waals surface area contributed by atoms with Gasteiger partial charge in [0.05, 0.1) is 11.9 Å². The Morgan fingerprint density at radius 2 is 1.75 bits per heavy atom. The van der Waals surface area contributed by atoms with Crippen molar-refractivity contribution >= 4 is 23.5 Å². The fraction of sp³-hybridized carbons (Fsp3) is 0.227. The molecule has 144 valence electrons. The number of phenols is 1. The van der Waals surface area contributed by atoms with E-state index in [1.807, 2.05) is 52.0 Å². The van der Waals surface area contributed by atoms with Crippen LogP contribution in [0.15, 0.2) is 35.4 Å². The Labute approximate surface area is 168 Å². The third-order valence-corrected chi connectivity index (χ3v) is 5.70. The molecule has 0 aliphatic carbocycles. The van der Waals surface area contributed by atoms with Crippen LogP contribution in [0.5, 0.6) is 5.75 Å². The van der Waals surface area contributed by atoms with E-state index in [1.54, 1.807) is 6.21 Å². The number of thiazole rings is 1. The first kappa shape index (κ1) is 19.8. The Kier molecular flexibility index (Phi) is 5.61. The number of hydrogen-bond acceptors (Lipinski definition) is 5. The van der Waals surface area contributed by atoms with Crippen LogP contribution in [0.2, 0.25) is 0 Å². The molecule has 1 aromatic heterocycles. The summed E-state index contributed by atoms with van der Waals surface area (Å²) in [6.07, 6.45) is 1.57. The van der Waals surface area contributed by atoms with Gasteiger partial charge in [-0.2, -0.15) is 5.10 Å². The highest BCUT2D eigenvalue weighted by Gasteiger charge is 2.17. The first-order valence-corrected chi connectivity index (χ1v) is 9.76. The van der Waals surface area contributed by atoms with Gasteiger partial charge in [0.25, 0.3) is 5.91 Å². The number of aryl methyl sites for hydroxylation is 5. The Morgan fingerprint density at radius 1 is 1.07 bits per heavy atom. The number of amides is 1. The first-order valence-electron chi connectivity index (χ1n) is 8.95. The molecule has 0 unspecified atom stereocenters. The summed E-state index contributed by atoms with van der Waals surface area (Å²) >= 11 is 1.36. The van der Waals surface area contributed by atoms with Crippen molar-refractivity contribution in [3.05, 3.63) is 68.7 Å². The van der Waals surface area contributed by atoms with Crippen molar-refractivity contribution in [1.29, 1.82) is 0 Å². The average Bonchev–Trinajstić information content (AvgIpc) is 3.01. The molecule has 0 radical (unpaired) electrons. The number of hydrazone groups is 1. The lowest BCUT2D eigenvalue weighted by Crippen LogP contribution is -2.17. The number of benzene rings is 2. The highest BCUT2D eigenvalue weighted by Crippen LogP contribution is 2.30. The zero-order valence-electron chi connectivity index (χ0n) is 16.6. The molecule has 1 heterocycles. The van der Waals surface area contributed by atoms with Crippen molar-refractivity contribution in [3.63, 3.8) is 0 Å². The maximum absolute atomic E-state index is 12.5. The highest BCUT2D eigenvalue weighted by atomic mass is 32.1. The SMILES string of the molecule is Cc1ccc(-c2nc(C)c(C(=O)N/N=C/c3cc(C)c(O)c(C)c3)s2)c(C)c1. The molecular formula is C22H23N3O2S. The van der Waals surface area contributed by atoms with E-state index in [0.29, 0.717) is 10.6 Å². The van der Waals surface area contributed by atoms with Gasteiger partial charge >= 0.3 is 0 Å². The van der Waals surface area contributed by atoms with E-state index in [-0.39, 0.29) is 11.7 Å². The molecule has 0 saturated heterocycles. The number of phenolic OH excluding ortho intramolecular Hbond substituents is 1. The number of rotatable bonds is 4. The first-order chi connectivity index (χ1) is 13.3. The molecule has 5 nitrogen and oxygen atoms in total. The van der Waals surface area contributed by atoms with Gasteiger partial charge in [0.15, 0.2) is 0 Å². The highest BCUT2D eigenvalue weighted by molar-refractivity contribution is 7.17. The molecule has 0 saturated carbocycles. The summed E-state index contributed by atoms with van der Waals surface area (Å²) in [5, 5.41) is 14.7. The number of nitrogens with one attached hydrogen (secondary N) is 1. The number of aromatic nitrogens is 1. The summed E-state index contributed by atoms with van der Waals surface area (Å²) in [7, 11) is 0. The maximum atomic E-state index is 12.5. The molecule has 2 N–H and O–H groups in total. The second kappa shape index (κ2) is 7.94. The molecule has 2 aromatic carbocycles. The van der Waals surface area contributed by atoms with Crippen LogP contribution in [0.25, 0.3) is 10.6 Å². The fourth-order valence-electron chi connectivity index (χ4n) is 3.06. The largest absolute Gasteiger partial charge is 0.507 e. The van der Waals surface area contributed by atoms with Gasteiger partial charge in [-0.05, 0) is 69.0 Å². The molecule has 3 rings (SSSR count). The molecule has 0 aliphatic rings. The molecule has 6 heteroatoms. The molecule has 0 atom stereocenters. The smallest absolute Gasteiger partial charge is 0.283 e. The van der Waals surface area contributed by atoms with Gasteiger partial charge < -0.3 is 5.11 Å². The molecule has 0 aliphatic heterocycles. The third kappa shape index (κ3) is 4.12. The lowest BCUT2D eigenvalue weighted by molar-refractivity contribution is 0.0958. The fourth-order valence-corrected chi connectivity index (χ4v) is 4.10. The maximum Gasteiger partial charge on any atom is 0.283 e. The predicted molar refractivity (Wildman–Crippen MR) is 114 cm³/mol. The van der Waals surface area contributed by atoms with Crippen LogP contribution in [0.4, 0.5) is 0 Å². The monoisotopic (exact) mass is 393 g/mol. The summed E-state index contributed by atoms with van der Waals surface area (Å²) in [6, 6.07) is 9.82. The predicted octanol–water partition coefficient (Wildman–Crippen LogP) is 4.82. The van der Waals surface area contributed by atoms with Gasteiger partial charge in [-0.3, -0.25) is 4.79 Å². The number of carbonyl (C=O) groups excluding carboxylic acids is 1. The molecule has 0 spiro atoms. The van der Waals surface area contributed by atoms with E-state index < -0.39 is 0 Å². The summed E-state index contributed by atoms with van der Waals surface area (Å²) in [4.78, 5) is 17.6. The van der Waals surface area contributed by atoms with Crippen LogP contribution in [-0.4, -0.2) is 22.2 Å². The molecular weight excluding hydrogens is 370 g/mol. The molecule has 28 heavy (non-hydrogen) atoms. The third-order valence-electron chi connectivity index (χ3n) is 4.51. The van der Waals surface area contributed by atoms with Crippen molar-refractivity contribution < 1.29 is 9.90 Å². The van der Waals surface area contributed by atoms with E-state index >= 15 is 0 Å². The second-order valence-corrected chi connectivity index (χ2v) is 7.95. The normalized spacial score (nSPS) is 11.2. The number of aromatic hydroxyl groups is 1. The zero-order chi connectivity index (χ0) is 20.4. The van der Waals surface area contributed by atoms with E-state index in [2.05, 4.69) is 28.5 Å². The van der Waals surface area contributed by atoms with Crippen LogP contribution in [-0.2, 0) is 0 Å². The summed E-state index contributed by atoms with van der Waals surface area (Å²) in [5.74, 6) is -0.00474. The summed E-state index contributed by atoms with van der Waals surface area (Å²) < 4.78 is 0. The lowest BCUT2D eigenvalue weighted by atomic mass is 10.1. The van der Waals surface area contributed by atoms with Crippen molar-refractivity contribution in [1.82, 2.24) is 10.4 Å². The standard InChI is InChI=1S/C22H23N3O2S/c1-12-6-7-18(13(2)8-12)22-24-16(5)20(28-22)21(27)25-23-11-17-9-14(3)19(26)15(4)10-17/h6-11,26H,1-5H3,(H,25,27)/b23-11+.